The molecule has 0 aromatic rings. The Morgan fingerprint density at radius 3 is 2.70 bits per heavy atom. The van der Waals surface area contributed by atoms with E-state index in [2.05, 4.69) is 31.8 Å². The first-order chi connectivity index (χ1) is 4.66. The maximum absolute atomic E-state index is 10.7. The summed E-state index contributed by atoms with van der Waals surface area (Å²) in [6.07, 6.45) is 1.10. The number of β-lactam (4-membered cyclic amide) rings is 1. The molecule has 0 bridgehead atoms. The van der Waals surface area contributed by atoms with Crippen molar-refractivity contribution < 1.29 is 4.79 Å². The van der Waals surface area contributed by atoms with Crippen molar-refractivity contribution in [2.45, 2.75) is 31.6 Å². The van der Waals surface area contributed by atoms with E-state index < -0.39 is 0 Å². The fraction of sp³-hybridized carbons (Fsp3) is 0.857. The van der Waals surface area contributed by atoms with Gasteiger partial charge in [0.25, 0.3) is 0 Å². The van der Waals surface area contributed by atoms with Crippen LogP contribution in [0.25, 0.3) is 0 Å². The van der Waals surface area contributed by atoms with Gasteiger partial charge in [-0.25, -0.2) is 0 Å². The summed E-state index contributed by atoms with van der Waals surface area (Å²) < 4.78 is 0. The molecule has 0 saturated carbocycles. The molecule has 1 N–H and O–H groups in total. The SMILES string of the molecule is CCC(C)C1NC(=O)C1S. The molecule has 0 aromatic carbocycles. The molecule has 1 heterocycles. The van der Waals surface area contributed by atoms with E-state index in [0.29, 0.717) is 12.0 Å². The number of thiol groups is 1. The number of amides is 1. The highest BCUT2D eigenvalue weighted by Crippen LogP contribution is 2.22. The summed E-state index contributed by atoms with van der Waals surface area (Å²) in [4.78, 5) is 10.7. The van der Waals surface area contributed by atoms with E-state index >= 15 is 0 Å². The molecule has 2 nitrogen and oxygen atoms in total. The molecule has 3 heteroatoms. The molecular formula is C7H13NOS. The largest absolute Gasteiger partial charge is 0.350 e. The fourth-order valence-electron chi connectivity index (χ4n) is 1.10. The molecule has 1 aliphatic rings. The molecule has 3 unspecified atom stereocenters. The summed E-state index contributed by atoms with van der Waals surface area (Å²) in [5, 5.41) is 2.77. The summed E-state index contributed by atoms with van der Waals surface area (Å²) in [7, 11) is 0. The van der Waals surface area contributed by atoms with Crippen molar-refractivity contribution >= 4 is 18.5 Å². The Bertz CT molecular complexity index is 149. The van der Waals surface area contributed by atoms with E-state index in [-0.39, 0.29) is 11.2 Å². The Hall–Kier alpha value is -0.180. The van der Waals surface area contributed by atoms with Crippen LogP contribution in [0.1, 0.15) is 20.3 Å². The van der Waals surface area contributed by atoms with Crippen LogP contribution in [0.2, 0.25) is 0 Å². The van der Waals surface area contributed by atoms with Crippen LogP contribution < -0.4 is 5.32 Å². The molecule has 1 aliphatic heterocycles. The van der Waals surface area contributed by atoms with Gasteiger partial charge in [0, 0.05) is 0 Å². The molecule has 10 heavy (non-hydrogen) atoms. The fourth-order valence-corrected chi connectivity index (χ4v) is 1.55. The molecule has 0 aliphatic carbocycles. The van der Waals surface area contributed by atoms with Gasteiger partial charge in [0.2, 0.25) is 5.91 Å². The smallest absolute Gasteiger partial charge is 0.235 e. The third kappa shape index (κ3) is 1.15. The van der Waals surface area contributed by atoms with Crippen molar-refractivity contribution in [1.29, 1.82) is 0 Å². The van der Waals surface area contributed by atoms with Gasteiger partial charge in [-0.15, -0.1) is 0 Å². The zero-order valence-corrected chi connectivity index (χ0v) is 7.19. The van der Waals surface area contributed by atoms with Gasteiger partial charge in [-0.2, -0.15) is 12.6 Å². The van der Waals surface area contributed by atoms with Gasteiger partial charge < -0.3 is 5.32 Å². The van der Waals surface area contributed by atoms with Crippen LogP contribution in [0.15, 0.2) is 0 Å². The standard InChI is InChI=1S/C7H13NOS/c1-3-4(2)5-6(10)7(9)8-5/h4-6,10H,3H2,1-2H3,(H,8,9). The second-order valence-electron chi connectivity index (χ2n) is 2.86. The van der Waals surface area contributed by atoms with Gasteiger partial charge in [-0.05, 0) is 5.92 Å². The van der Waals surface area contributed by atoms with Crippen molar-refractivity contribution in [2.75, 3.05) is 0 Å². The topological polar surface area (TPSA) is 29.1 Å². The number of carbonyl (C=O) groups excluding carboxylic acids is 1. The first-order valence-electron chi connectivity index (χ1n) is 3.65. The number of hydrogen-bond acceptors (Lipinski definition) is 2. The van der Waals surface area contributed by atoms with Gasteiger partial charge in [-0.1, -0.05) is 20.3 Å². The van der Waals surface area contributed by atoms with E-state index in [1.54, 1.807) is 0 Å². The van der Waals surface area contributed by atoms with Crippen LogP contribution in [-0.2, 0) is 4.79 Å². The summed E-state index contributed by atoms with van der Waals surface area (Å²) in [5.74, 6) is 0.633. The normalized spacial score (nSPS) is 34.5. The Kier molecular flexibility index (Phi) is 2.24. The van der Waals surface area contributed by atoms with E-state index in [0.717, 1.165) is 6.42 Å². The Balaban J connectivity index is 2.39. The van der Waals surface area contributed by atoms with Crippen LogP contribution in [0.4, 0.5) is 0 Å². The Morgan fingerprint density at radius 2 is 2.40 bits per heavy atom. The maximum Gasteiger partial charge on any atom is 0.235 e. The summed E-state index contributed by atoms with van der Waals surface area (Å²) >= 11 is 4.16. The zero-order chi connectivity index (χ0) is 7.72. The summed E-state index contributed by atoms with van der Waals surface area (Å²) in [6.45, 7) is 4.25. The van der Waals surface area contributed by atoms with E-state index in [1.165, 1.54) is 0 Å². The molecule has 1 rings (SSSR count). The van der Waals surface area contributed by atoms with Gasteiger partial charge >= 0.3 is 0 Å². The number of rotatable bonds is 2. The van der Waals surface area contributed by atoms with Gasteiger partial charge in [0.1, 0.15) is 5.25 Å². The van der Waals surface area contributed by atoms with Crippen LogP contribution in [-0.4, -0.2) is 17.2 Å². The van der Waals surface area contributed by atoms with Crippen molar-refractivity contribution in [3.05, 3.63) is 0 Å². The molecule has 1 fully saturated rings. The predicted molar refractivity (Wildman–Crippen MR) is 44.2 cm³/mol. The third-order valence-corrected chi connectivity index (χ3v) is 2.73. The molecule has 0 spiro atoms. The average Bonchev–Trinajstić information content (AvgIpc) is 1.98. The van der Waals surface area contributed by atoms with Crippen molar-refractivity contribution in [1.82, 2.24) is 5.32 Å². The summed E-state index contributed by atoms with van der Waals surface area (Å²) in [6, 6.07) is 0.306. The van der Waals surface area contributed by atoms with Crippen molar-refractivity contribution in [2.24, 2.45) is 5.92 Å². The van der Waals surface area contributed by atoms with Crippen molar-refractivity contribution in [3.8, 4) is 0 Å². The highest BCUT2D eigenvalue weighted by atomic mass is 32.1. The molecule has 58 valence electrons. The van der Waals surface area contributed by atoms with Gasteiger partial charge in [-0.3, -0.25) is 4.79 Å². The lowest BCUT2D eigenvalue weighted by Gasteiger charge is -2.37. The minimum absolute atomic E-state index is 0.0602. The van der Waals surface area contributed by atoms with Crippen LogP contribution >= 0.6 is 12.6 Å². The highest BCUT2D eigenvalue weighted by Gasteiger charge is 2.38. The number of nitrogens with one attached hydrogen (secondary N) is 1. The van der Waals surface area contributed by atoms with Gasteiger partial charge in [0.15, 0.2) is 0 Å². The molecule has 3 atom stereocenters. The minimum atomic E-state index is -0.0602. The first-order valence-corrected chi connectivity index (χ1v) is 4.17. The lowest BCUT2D eigenvalue weighted by Crippen LogP contribution is -2.62. The molecule has 0 aromatic heterocycles. The van der Waals surface area contributed by atoms with E-state index in [1.807, 2.05) is 0 Å². The van der Waals surface area contributed by atoms with Crippen LogP contribution in [0.5, 0.6) is 0 Å². The lowest BCUT2D eigenvalue weighted by molar-refractivity contribution is -0.128. The van der Waals surface area contributed by atoms with Crippen molar-refractivity contribution in [3.63, 3.8) is 0 Å². The molecule has 0 radical (unpaired) electrons. The molecule has 1 amide bonds. The molecular weight excluding hydrogens is 146 g/mol. The second-order valence-corrected chi connectivity index (χ2v) is 3.42. The van der Waals surface area contributed by atoms with Crippen LogP contribution in [0, 0.1) is 5.92 Å². The predicted octanol–water partition coefficient (Wildman–Crippen LogP) is 0.829. The Morgan fingerprint density at radius 1 is 1.80 bits per heavy atom. The monoisotopic (exact) mass is 159 g/mol. The first kappa shape index (κ1) is 7.92. The number of carbonyl (C=O) groups is 1. The summed E-state index contributed by atoms with van der Waals surface area (Å²) in [5.41, 5.74) is 0. The highest BCUT2D eigenvalue weighted by molar-refractivity contribution is 7.82. The lowest BCUT2D eigenvalue weighted by atomic mass is 9.90. The maximum atomic E-state index is 10.7. The number of hydrogen-bond donors (Lipinski definition) is 2. The zero-order valence-electron chi connectivity index (χ0n) is 6.29. The average molecular weight is 159 g/mol. The van der Waals surface area contributed by atoms with Gasteiger partial charge in [0.05, 0.1) is 6.04 Å². The van der Waals surface area contributed by atoms with Crippen LogP contribution in [0.3, 0.4) is 0 Å². The quantitative estimate of drug-likeness (QED) is 0.453. The minimum Gasteiger partial charge on any atom is -0.350 e. The molecule has 1 saturated heterocycles. The Labute approximate surface area is 66.8 Å². The second kappa shape index (κ2) is 2.82. The third-order valence-electron chi connectivity index (χ3n) is 2.17. The van der Waals surface area contributed by atoms with E-state index in [4.69, 9.17) is 0 Å². The van der Waals surface area contributed by atoms with E-state index in [9.17, 15) is 4.79 Å².